The van der Waals surface area contributed by atoms with Crippen LogP contribution < -0.4 is 20.5 Å². The van der Waals surface area contributed by atoms with E-state index < -0.39 is 5.91 Å². The van der Waals surface area contributed by atoms with Gasteiger partial charge in [0.1, 0.15) is 12.6 Å². The third kappa shape index (κ3) is 5.21. The lowest BCUT2D eigenvalue weighted by Crippen LogP contribution is -2.28. The molecule has 2 aromatic rings. The summed E-state index contributed by atoms with van der Waals surface area (Å²) >= 11 is 0. The van der Waals surface area contributed by atoms with Gasteiger partial charge < -0.3 is 14.0 Å². The fraction of sp³-hybridized carbons (Fsp3) is 0.176. The van der Waals surface area contributed by atoms with Crippen LogP contribution in [0.3, 0.4) is 0 Å². The summed E-state index contributed by atoms with van der Waals surface area (Å²) in [6, 6.07) is 11.5. The van der Waals surface area contributed by atoms with E-state index in [0.29, 0.717) is 17.1 Å². The molecule has 1 amide bonds. The van der Waals surface area contributed by atoms with Crippen molar-refractivity contribution in [3.8, 4) is 17.6 Å². The van der Waals surface area contributed by atoms with Crippen LogP contribution in [0.1, 0.15) is 5.56 Å². The van der Waals surface area contributed by atoms with Gasteiger partial charge >= 0.3 is 0 Å². The Morgan fingerprint density at radius 3 is 2.92 bits per heavy atom. The van der Waals surface area contributed by atoms with Crippen LogP contribution in [0.25, 0.3) is 0 Å². The van der Waals surface area contributed by atoms with Gasteiger partial charge in [0.2, 0.25) is 0 Å². The second-order valence-corrected chi connectivity index (χ2v) is 4.82. The minimum Gasteiger partial charge on any atom is -0.493 e. The summed E-state index contributed by atoms with van der Waals surface area (Å²) in [5.41, 5.74) is 2.75. The van der Waals surface area contributed by atoms with E-state index in [0.717, 1.165) is 0 Å². The monoisotopic (exact) mass is 340 g/mol. The number of carbonyl (C=O) groups is 1. The van der Waals surface area contributed by atoms with Crippen molar-refractivity contribution in [2.75, 3.05) is 13.7 Å². The largest absolute Gasteiger partial charge is 0.493 e. The second kappa shape index (κ2) is 8.88. The zero-order chi connectivity index (χ0) is 18.1. The van der Waals surface area contributed by atoms with Gasteiger partial charge in [0.25, 0.3) is 11.5 Å². The summed E-state index contributed by atoms with van der Waals surface area (Å²) in [6.07, 6.45) is 2.96. The molecule has 1 N–H and O–H groups in total. The third-order valence-electron chi connectivity index (χ3n) is 3.10. The smallest absolute Gasteiger partial charge is 0.260 e. The van der Waals surface area contributed by atoms with Crippen LogP contribution in [-0.4, -0.2) is 30.4 Å². The number of benzene rings is 1. The molecule has 0 aliphatic carbocycles. The van der Waals surface area contributed by atoms with Crippen LogP contribution in [0.15, 0.2) is 52.5 Å². The van der Waals surface area contributed by atoms with Gasteiger partial charge in [-0.05, 0) is 29.8 Å². The fourth-order valence-corrected chi connectivity index (χ4v) is 1.95. The molecule has 0 radical (unpaired) electrons. The Morgan fingerprint density at radius 1 is 1.36 bits per heavy atom. The van der Waals surface area contributed by atoms with E-state index >= 15 is 0 Å². The SMILES string of the molecule is COc1cc(/C=N\NC(=O)Cn2ccccc2=O)ccc1OCC#N. The number of carbonyl (C=O) groups excluding carboxylic acids is 1. The van der Waals surface area contributed by atoms with Crippen LogP contribution in [-0.2, 0) is 11.3 Å². The van der Waals surface area contributed by atoms with Gasteiger partial charge in [-0.1, -0.05) is 6.07 Å². The molecular formula is C17H16N4O4. The average molecular weight is 340 g/mol. The maximum Gasteiger partial charge on any atom is 0.260 e. The number of nitriles is 1. The number of rotatable bonds is 7. The molecule has 1 aromatic heterocycles. The predicted octanol–water partition coefficient (Wildman–Crippen LogP) is 0.910. The van der Waals surface area contributed by atoms with Crippen molar-refractivity contribution in [2.24, 2.45) is 5.10 Å². The number of aromatic nitrogens is 1. The minimum absolute atomic E-state index is 0.0846. The number of methoxy groups -OCH3 is 1. The van der Waals surface area contributed by atoms with Crippen molar-refractivity contribution < 1.29 is 14.3 Å². The van der Waals surface area contributed by atoms with E-state index in [4.69, 9.17) is 14.7 Å². The summed E-state index contributed by atoms with van der Waals surface area (Å²) in [5, 5.41) is 12.4. The van der Waals surface area contributed by atoms with Crippen LogP contribution in [0.5, 0.6) is 11.5 Å². The standard InChI is InChI=1S/C17H16N4O4/c1-24-15-10-13(5-6-14(15)25-9-7-18)11-19-20-16(22)12-21-8-3-2-4-17(21)23/h2-6,8,10-11H,9,12H2,1H3,(H,20,22)/b19-11-. The Morgan fingerprint density at radius 2 is 2.20 bits per heavy atom. The van der Waals surface area contributed by atoms with E-state index in [9.17, 15) is 9.59 Å². The van der Waals surface area contributed by atoms with Gasteiger partial charge in [-0.2, -0.15) is 10.4 Å². The molecule has 8 nitrogen and oxygen atoms in total. The van der Waals surface area contributed by atoms with Gasteiger partial charge in [-0.15, -0.1) is 0 Å². The van der Waals surface area contributed by atoms with Crippen molar-refractivity contribution in [2.45, 2.75) is 6.54 Å². The van der Waals surface area contributed by atoms with E-state index in [2.05, 4.69) is 10.5 Å². The molecule has 0 bridgehead atoms. The van der Waals surface area contributed by atoms with Crippen LogP contribution in [0.4, 0.5) is 0 Å². The first-order valence-corrected chi connectivity index (χ1v) is 7.29. The number of hydrazone groups is 1. The second-order valence-electron chi connectivity index (χ2n) is 4.82. The van der Waals surface area contributed by atoms with Crippen LogP contribution >= 0.6 is 0 Å². The summed E-state index contributed by atoms with van der Waals surface area (Å²) in [7, 11) is 1.48. The zero-order valence-electron chi connectivity index (χ0n) is 13.5. The fourth-order valence-electron chi connectivity index (χ4n) is 1.95. The first-order chi connectivity index (χ1) is 12.1. The topological polar surface area (TPSA) is 106 Å². The molecule has 0 aliphatic rings. The number of hydrogen-bond donors (Lipinski definition) is 1. The molecule has 128 valence electrons. The van der Waals surface area contributed by atoms with Gasteiger partial charge in [0.05, 0.1) is 13.3 Å². The van der Waals surface area contributed by atoms with Crippen LogP contribution in [0.2, 0.25) is 0 Å². The van der Waals surface area contributed by atoms with E-state index in [1.807, 2.05) is 6.07 Å². The lowest BCUT2D eigenvalue weighted by atomic mass is 10.2. The number of hydrogen-bond acceptors (Lipinski definition) is 6. The third-order valence-corrected chi connectivity index (χ3v) is 3.10. The maximum atomic E-state index is 11.8. The van der Waals surface area contributed by atoms with Gasteiger partial charge in [-0.25, -0.2) is 5.43 Å². The van der Waals surface area contributed by atoms with E-state index in [-0.39, 0.29) is 18.7 Å². The van der Waals surface area contributed by atoms with Crippen molar-refractivity contribution in [3.63, 3.8) is 0 Å². The maximum absolute atomic E-state index is 11.8. The highest BCUT2D eigenvalue weighted by Gasteiger charge is 2.05. The first kappa shape index (κ1) is 17.7. The molecule has 0 spiro atoms. The number of pyridine rings is 1. The molecule has 2 rings (SSSR count). The van der Waals surface area contributed by atoms with Gasteiger partial charge in [-0.3, -0.25) is 9.59 Å². The minimum atomic E-state index is -0.425. The van der Waals surface area contributed by atoms with Crippen molar-refractivity contribution in [3.05, 3.63) is 58.5 Å². The Labute approximate surface area is 143 Å². The summed E-state index contributed by atoms with van der Waals surface area (Å²) in [4.78, 5) is 23.3. The summed E-state index contributed by atoms with van der Waals surface area (Å²) < 4.78 is 11.7. The average Bonchev–Trinajstić information content (AvgIpc) is 2.62. The lowest BCUT2D eigenvalue weighted by molar-refractivity contribution is -0.121. The molecule has 0 fully saturated rings. The molecule has 8 heteroatoms. The van der Waals surface area contributed by atoms with E-state index in [1.165, 1.54) is 30.2 Å². The normalized spacial score (nSPS) is 10.2. The molecule has 0 saturated carbocycles. The van der Waals surface area contributed by atoms with Crippen molar-refractivity contribution in [1.82, 2.24) is 9.99 Å². The number of ether oxygens (including phenoxy) is 2. The highest BCUT2D eigenvalue weighted by Crippen LogP contribution is 2.27. The van der Waals surface area contributed by atoms with Crippen molar-refractivity contribution >= 4 is 12.1 Å². The quantitative estimate of drug-likeness (QED) is 0.596. The molecule has 0 atom stereocenters. The summed E-state index contributed by atoms with van der Waals surface area (Å²) in [6.45, 7) is -0.208. The Hall–Kier alpha value is -3.60. The Bertz CT molecular complexity index is 867. The molecular weight excluding hydrogens is 324 g/mol. The molecule has 0 unspecified atom stereocenters. The van der Waals surface area contributed by atoms with Crippen molar-refractivity contribution in [1.29, 1.82) is 5.26 Å². The predicted molar refractivity (Wildman–Crippen MR) is 90.5 cm³/mol. The Kier molecular flexibility index (Phi) is 6.31. The number of nitrogens with zero attached hydrogens (tertiary/aromatic N) is 3. The van der Waals surface area contributed by atoms with E-state index in [1.54, 1.807) is 30.3 Å². The molecule has 0 saturated heterocycles. The molecule has 0 aliphatic heterocycles. The van der Waals surface area contributed by atoms with Gasteiger partial charge in [0, 0.05) is 12.3 Å². The summed E-state index contributed by atoms with van der Waals surface area (Å²) in [5.74, 6) is 0.459. The number of nitrogens with one attached hydrogen (secondary N) is 1. The molecule has 25 heavy (non-hydrogen) atoms. The zero-order valence-corrected chi connectivity index (χ0v) is 13.5. The Balaban J connectivity index is 1.97. The molecule has 1 aromatic carbocycles. The van der Waals surface area contributed by atoms with Gasteiger partial charge in [0.15, 0.2) is 18.1 Å². The van der Waals surface area contributed by atoms with Crippen LogP contribution in [0, 0.1) is 11.3 Å². The molecule has 1 heterocycles. The number of amides is 1. The first-order valence-electron chi connectivity index (χ1n) is 7.29. The highest BCUT2D eigenvalue weighted by molar-refractivity contribution is 5.83. The highest BCUT2D eigenvalue weighted by atomic mass is 16.5. The lowest BCUT2D eigenvalue weighted by Gasteiger charge is -2.08.